The largest absolute Gasteiger partial charge is 0.494 e. The minimum atomic E-state index is -0.543. The van der Waals surface area contributed by atoms with Crippen molar-refractivity contribution in [3.63, 3.8) is 0 Å². The van der Waals surface area contributed by atoms with Gasteiger partial charge in [0, 0.05) is 18.4 Å². The van der Waals surface area contributed by atoms with Crippen LogP contribution in [0.3, 0.4) is 0 Å². The zero-order valence-electron chi connectivity index (χ0n) is 19.9. The molecular weight excluding hydrogens is 443 g/mol. The minimum absolute atomic E-state index is 0.0225. The van der Waals surface area contributed by atoms with Crippen molar-refractivity contribution in [1.29, 1.82) is 0 Å². The van der Waals surface area contributed by atoms with Crippen molar-refractivity contribution < 1.29 is 18.7 Å². The second-order valence-corrected chi connectivity index (χ2v) is 9.19. The average molecular weight is 475 g/mol. The van der Waals surface area contributed by atoms with Crippen molar-refractivity contribution in [3.05, 3.63) is 101 Å². The number of benzene rings is 3. The Kier molecular flexibility index (Phi) is 7.80. The first-order chi connectivity index (χ1) is 17.0. The van der Waals surface area contributed by atoms with E-state index in [9.17, 15) is 14.0 Å². The van der Waals surface area contributed by atoms with Gasteiger partial charge in [-0.2, -0.15) is 0 Å². The van der Waals surface area contributed by atoms with Crippen molar-refractivity contribution in [1.82, 2.24) is 10.6 Å². The van der Waals surface area contributed by atoms with E-state index in [1.165, 1.54) is 13.2 Å². The SMILES string of the molecule is COc1cc(C[C@]2(CCC(=O)N[C@H](Cc3ccccc3)c3ccccc3)CCC(=O)N2)ccc1F. The van der Waals surface area contributed by atoms with Crippen LogP contribution in [0.5, 0.6) is 5.75 Å². The molecule has 1 fully saturated rings. The third-order valence-electron chi connectivity index (χ3n) is 6.64. The Morgan fingerprint density at radius 2 is 1.77 bits per heavy atom. The number of hydrogen-bond acceptors (Lipinski definition) is 3. The molecule has 4 rings (SSSR count). The topological polar surface area (TPSA) is 67.4 Å². The summed E-state index contributed by atoms with van der Waals surface area (Å²) in [6.45, 7) is 0. The van der Waals surface area contributed by atoms with Gasteiger partial charge in [-0.1, -0.05) is 66.7 Å². The van der Waals surface area contributed by atoms with Crippen LogP contribution in [0.15, 0.2) is 78.9 Å². The van der Waals surface area contributed by atoms with Crippen LogP contribution in [0.1, 0.15) is 48.4 Å². The summed E-state index contributed by atoms with van der Waals surface area (Å²) < 4.78 is 19.0. The van der Waals surface area contributed by atoms with Crippen molar-refractivity contribution in [2.75, 3.05) is 7.11 Å². The van der Waals surface area contributed by atoms with Crippen LogP contribution in [0.25, 0.3) is 0 Å². The lowest BCUT2D eigenvalue weighted by Crippen LogP contribution is -2.44. The summed E-state index contributed by atoms with van der Waals surface area (Å²) in [5.74, 6) is -0.338. The van der Waals surface area contributed by atoms with Crippen molar-refractivity contribution in [3.8, 4) is 5.75 Å². The molecule has 0 spiro atoms. The molecule has 6 heteroatoms. The monoisotopic (exact) mass is 474 g/mol. The quantitative estimate of drug-likeness (QED) is 0.439. The zero-order chi connectivity index (χ0) is 24.7. The number of carbonyl (C=O) groups is 2. The molecule has 0 aliphatic carbocycles. The van der Waals surface area contributed by atoms with E-state index < -0.39 is 11.4 Å². The molecule has 2 N–H and O–H groups in total. The van der Waals surface area contributed by atoms with E-state index in [0.29, 0.717) is 32.1 Å². The predicted octanol–water partition coefficient (Wildman–Crippen LogP) is 4.91. The van der Waals surface area contributed by atoms with Crippen molar-refractivity contribution >= 4 is 11.8 Å². The van der Waals surface area contributed by atoms with Gasteiger partial charge in [-0.25, -0.2) is 4.39 Å². The van der Waals surface area contributed by atoms with Crippen LogP contribution in [-0.2, 0) is 22.4 Å². The lowest BCUT2D eigenvalue weighted by molar-refractivity contribution is -0.123. The number of nitrogens with one attached hydrogen (secondary N) is 2. The van der Waals surface area contributed by atoms with Crippen LogP contribution in [0.2, 0.25) is 0 Å². The van der Waals surface area contributed by atoms with Crippen LogP contribution >= 0.6 is 0 Å². The standard InChI is InChI=1S/C29H31FN2O3/c1-35-26-19-22(12-13-24(26)30)20-29(17-15-28(34)32-29)16-14-27(33)31-25(23-10-6-3-7-11-23)18-21-8-4-2-5-9-21/h2-13,19,25H,14-18,20H2,1H3,(H,31,33)(H,32,34)/t25-,29+/m1/s1. The summed E-state index contributed by atoms with van der Waals surface area (Å²) in [7, 11) is 1.43. The predicted molar refractivity (Wildman–Crippen MR) is 133 cm³/mol. The van der Waals surface area contributed by atoms with Crippen LogP contribution < -0.4 is 15.4 Å². The number of rotatable bonds is 10. The molecule has 1 aliphatic heterocycles. The second kappa shape index (κ2) is 11.2. The van der Waals surface area contributed by atoms with E-state index in [1.807, 2.05) is 48.5 Å². The van der Waals surface area contributed by atoms with Gasteiger partial charge < -0.3 is 15.4 Å². The Hall–Kier alpha value is -3.67. The molecule has 0 radical (unpaired) electrons. The van der Waals surface area contributed by atoms with Gasteiger partial charge in [-0.15, -0.1) is 0 Å². The Bertz CT molecular complexity index is 1150. The molecule has 3 aromatic rings. The zero-order valence-corrected chi connectivity index (χ0v) is 19.9. The molecule has 182 valence electrons. The molecule has 2 atom stereocenters. The number of methoxy groups -OCH3 is 1. The highest BCUT2D eigenvalue weighted by atomic mass is 19.1. The molecule has 0 saturated carbocycles. The Morgan fingerprint density at radius 3 is 2.43 bits per heavy atom. The Labute approximate surface area is 205 Å². The highest BCUT2D eigenvalue weighted by molar-refractivity contribution is 5.80. The number of hydrogen-bond donors (Lipinski definition) is 2. The number of carbonyl (C=O) groups excluding carboxylic acids is 2. The van der Waals surface area contributed by atoms with E-state index in [1.54, 1.807) is 12.1 Å². The molecule has 5 nitrogen and oxygen atoms in total. The summed E-state index contributed by atoms with van der Waals surface area (Å²) in [4.78, 5) is 25.2. The second-order valence-electron chi connectivity index (χ2n) is 9.19. The molecule has 2 amide bonds. The van der Waals surface area contributed by atoms with Crippen molar-refractivity contribution in [2.45, 2.75) is 50.1 Å². The lowest BCUT2D eigenvalue weighted by Gasteiger charge is -2.30. The molecule has 1 aliphatic rings. The van der Waals surface area contributed by atoms with Gasteiger partial charge in [0.25, 0.3) is 0 Å². The van der Waals surface area contributed by atoms with Gasteiger partial charge >= 0.3 is 0 Å². The van der Waals surface area contributed by atoms with E-state index in [-0.39, 0.29) is 30.0 Å². The van der Waals surface area contributed by atoms with Gasteiger partial charge in [0.2, 0.25) is 11.8 Å². The maximum atomic E-state index is 13.9. The molecular formula is C29H31FN2O3. The first-order valence-electron chi connectivity index (χ1n) is 12.0. The highest BCUT2D eigenvalue weighted by Gasteiger charge is 2.38. The number of amides is 2. The summed E-state index contributed by atoms with van der Waals surface area (Å²) in [5.41, 5.74) is 2.51. The smallest absolute Gasteiger partial charge is 0.220 e. The molecule has 0 bridgehead atoms. The van der Waals surface area contributed by atoms with Crippen LogP contribution in [0.4, 0.5) is 4.39 Å². The van der Waals surface area contributed by atoms with E-state index >= 15 is 0 Å². The van der Waals surface area contributed by atoms with Gasteiger partial charge in [0.1, 0.15) is 0 Å². The fourth-order valence-electron chi connectivity index (χ4n) is 4.79. The summed E-state index contributed by atoms with van der Waals surface area (Å²) >= 11 is 0. The van der Waals surface area contributed by atoms with Crippen molar-refractivity contribution in [2.24, 2.45) is 0 Å². The molecule has 1 heterocycles. The van der Waals surface area contributed by atoms with Crippen LogP contribution in [-0.4, -0.2) is 24.5 Å². The lowest BCUT2D eigenvalue weighted by atomic mass is 9.84. The fourth-order valence-corrected chi connectivity index (χ4v) is 4.79. The van der Waals surface area contributed by atoms with Gasteiger partial charge in [0.05, 0.1) is 13.2 Å². The number of halogens is 1. The summed E-state index contributed by atoms with van der Waals surface area (Å²) in [6, 6.07) is 24.6. The minimum Gasteiger partial charge on any atom is -0.494 e. The Balaban J connectivity index is 1.45. The first-order valence-corrected chi connectivity index (χ1v) is 12.0. The maximum Gasteiger partial charge on any atom is 0.220 e. The van der Waals surface area contributed by atoms with E-state index in [0.717, 1.165) is 16.7 Å². The number of ether oxygens (including phenoxy) is 1. The van der Waals surface area contributed by atoms with Gasteiger partial charge in [-0.3, -0.25) is 9.59 Å². The van der Waals surface area contributed by atoms with Gasteiger partial charge in [-0.05, 0) is 54.5 Å². The summed E-state index contributed by atoms with van der Waals surface area (Å²) in [6.07, 6.45) is 3.02. The average Bonchev–Trinajstić information content (AvgIpc) is 3.25. The first kappa shape index (κ1) is 24.5. The van der Waals surface area contributed by atoms with Gasteiger partial charge in [0.15, 0.2) is 11.6 Å². The summed E-state index contributed by atoms with van der Waals surface area (Å²) in [5, 5.41) is 6.30. The highest BCUT2D eigenvalue weighted by Crippen LogP contribution is 2.31. The third kappa shape index (κ3) is 6.47. The molecule has 0 aromatic heterocycles. The molecule has 35 heavy (non-hydrogen) atoms. The molecule has 3 aromatic carbocycles. The third-order valence-corrected chi connectivity index (χ3v) is 6.64. The van der Waals surface area contributed by atoms with E-state index in [2.05, 4.69) is 22.8 Å². The Morgan fingerprint density at radius 1 is 1.06 bits per heavy atom. The fraction of sp³-hybridized carbons (Fsp3) is 0.310. The van der Waals surface area contributed by atoms with E-state index in [4.69, 9.17) is 4.74 Å². The normalized spacial score (nSPS) is 18.1. The maximum absolute atomic E-state index is 13.9. The van der Waals surface area contributed by atoms with Crippen LogP contribution in [0, 0.1) is 5.82 Å². The molecule has 0 unspecified atom stereocenters. The molecule has 1 saturated heterocycles.